The second kappa shape index (κ2) is 19.3. The van der Waals surface area contributed by atoms with Crippen molar-refractivity contribution in [3.8, 4) is 0 Å². The molecule has 0 atom stereocenters. The van der Waals surface area contributed by atoms with Gasteiger partial charge in [0, 0.05) is 62.3 Å². The van der Waals surface area contributed by atoms with Crippen LogP contribution in [0.5, 0.6) is 0 Å². The molecule has 248 valence electrons. The van der Waals surface area contributed by atoms with Crippen molar-refractivity contribution < 1.29 is 34.8 Å². The van der Waals surface area contributed by atoms with E-state index in [1.165, 1.54) is 5.56 Å². The summed E-state index contributed by atoms with van der Waals surface area (Å²) in [4.78, 5) is 53.4. The molecule has 1 saturated heterocycles. The van der Waals surface area contributed by atoms with Crippen LogP contribution in [0, 0.1) is 5.92 Å². The lowest BCUT2D eigenvalue weighted by molar-refractivity contribution is -0.123. The molecule has 1 aromatic carbocycles. The van der Waals surface area contributed by atoms with Gasteiger partial charge in [-0.05, 0) is 62.1 Å². The van der Waals surface area contributed by atoms with Gasteiger partial charge < -0.3 is 30.6 Å². The number of pyridine rings is 1. The van der Waals surface area contributed by atoms with E-state index in [4.69, 9.17) is 34.7 Å². The van der Waals surface area contributed by atoms with Crippen LogP contribution >= 0.6 is 0 Å². The van der Waals surface area contributed by atoms with Gasteiger partial charge in [0.15, 0.2) is 0 Å². The van der Waals surface area contributed by atoms with Crippen molar-refractivity contribution in [1.82, 2.24) is 24.3 Å². The third kappa shape index (κ3) is 11.1. The minimum absolute atomic E-state index is 0.0194. The fourth-order valence-electron chi connectivity index (χ4n) is 5.55. The van der Waals surface area contributed by atoms with E-state index in [1.807, 2.05) is 10.8 Å². The molecule has 3 aromatic rings. The van der Waals surface area contributed by atoms with Crippen molar-refractivity contribution in [3.63, 3.8) is 0 Å². The molecular weight excluding hydrogens is 584 g/mol. The predicted octanol–water partition coefficient (Wildman–Crippen LogP) is 2.73. The molecule has 45 heavy (non-hydrogen) atoms. The zero-order chi connectivity index (χ0) is 33.4. The molecule has 0 bridgehead atoms. The number of aromatic nitrogens is 3. The first kappa shape index (κ1) is 37.0. The lowest BCUT2D eigenvalue weighted by Gasteiger charge is -2.32. The summed E-state index contributed by atoms with van der Waals surface area (Å²) < 4.78 is 1.90. The molecule has 0 amide bonds. The van der Waals surface area contributed by atoms with Crippen LogP contribution in [0.2, 0.25) is 0 Å². The SMILES string of the molecule is CC(C)CCNc1ncc2c3ccc(CN4CCN(C)CC4)cc3c(=O)n(C3CCC(O)CC3)c2n1.O=CO.O=CO.O=CO. The van der Waals surface area contributed by atoms with Gasteiger partial charge in [-0.2, -0.15) is 4.98 Å². The van der Waals surface area contributed by atoms with Gasteiger partial charge in [-0.25, -0.2) is 4.98 Å². The van der Waals surface area contributed by atoms with E-state index >= 15 is 0 Å². The third-order valence-corrected chi connectivity index (χ3v) is 7.86. The first-order chi connectivity index (χ1) is 21.6. The lowest BCUT2D eigenvalue weighted by Crippen LogP contribution is -2.43. The Bertz CT molecular complexity index is 1400. The first-order valence-electron chi connectivity index (χ1n) is 15.0. The molecule has 2 aliphatic rings. The van der Waals surface area contributed by atoms with Crippen LogP contribution in [-0.2, 0) is 20.9 Å². The number of carboxylic acid groups (broad SMARTS) is 3. The number of rotatable bonds is 7. The molecule has 1 aliphatic carbocycles. The number of aliphatic hydroxyl groups excluding tert-OH is 1. The molecule has 3 heterocycles. The summed E-state index contributed by atoms with van der Waals surface area (Å²) in [6.07, 6.45) is 5.61. The van der Waals surface area contributed by atoms with Gasteiger partial charge in [-0.1, -0.05) is 26.0 Å². The summed E-state index contributed by atoms with van der Waals surface area (Å²) in [7, 11) is 2.17. The molecule has 0 spiro atoms. The highest BCUT2D eigenvalue weighted by Gasteiger charge is 2.25. The maximum atomic E-state index is 14.0. The summed E-state index contributed by atoms with van der Waals surface area (Å²) in [5.41, 5.74) is 1.88. The van der Waals surface area contributed by atoms with E-state index in [0.29, 0.717) is 30.4 Å². The maximum Gasteiger partial charge on any atom is 0.290 e. The Hall–Kier alpha value is -4.14. The highest BCUT2D eigenvalue weighted by atomic mass is 16.4. The summed E-state index contributed by atoms with van der Waals surface area (Å²) >= 11 is 0. The van der Waals surface area contributed by atoms with Crippen molar-refractivity contribution in [2.45, 2.75) is 64.6 Å². The van der Waals surface area contributed by atoms with Crippen LogP contribution in [0.1, 0.15) is 57.6 Å². The topological polar surface area (TPSA) is 198 Å². The minimum atomic E-state index is -0.276. The van der Waals surface area contributed by atoms with Crippen LogP contribution < -0.4 is 10.9 Å². The summed E-state index contributed by atoms with van der Waals surface area (Å²) in [6, 6.07) is 6.34. The second-order valence-electron chi connectivity index (χ2n) is 11.5. The first-order valence-corrected chi connectivity index (χ1v) is 15.0. The number of anilines is 1. The van der Waals surface area contributed by atoms with Crippen molar-refractivity contribution in [2.24, 2.45) is 5.92 Å². The Labute approximate surface area is 262 Å². The Kier molecular flexibility index (Phi) is 15.9. The molecule has 5 rings (SSSR count). The lowest BCUT2D eigenvalue weighted by atomic mass is 9.92. The number of hydrogen-bond acceptors (Lipinski definition) is 10. The number of carbonyl (C=O) groups is 3. The Morgan fingerprint density at radius 3 is 2.11 bits per heavy atom. The van der Waals surface area contributed by atoms with Crippen molar-refractivity contribution >= 4 is 47.2 Å². The Balaban J connectivity index is 0.000000703. The van der Waals surface area contributed by atoms with E-state index in [1.54, 1.807) is 0 Å². The molecule has 2 fully saturated rings. The number of nitrogens with one attached hydrogen (secondary N) is 1. The molecule has 14 nitrogen and oxygen atoms in total. The van der Waals surface area contributed by atoms with Crippen molar-refractivity contribution in [2.75, 3.05) is 45.1 Å². The third-order valence-electron chi connectivity index (χ3n) is 7.86. The Morgan fingerprint density at radius 2 is 1.53 bits per heavy atom. The smallest absolute Gasteiger partial charge is 0.290 e. The number of hydrogen-bond donors (Lipinski definition) is 5. The van der Waals surface area contributed by atoms with Gasteiger partial charge in [-0.15, -0.1) is 0 Å². The molecule has 14 heteroatoms. The second-order valence-corrected chi connectivity index (χ2v) is 11.5. The average Bonchev–Trinajstić information content (AvgIpc) is 3.00. The monoisotopic (exact) mass is 630 g/mol. The van der Waals surface area contributed by atoms with E-state index in [2.05, 4.69) is 59.2 Å². The van der Waals surface area contributed by atoms with Crippen LogP contribution in [0.4, 0.5) is 5.95 Å². The largest absolute Gasteiger partial charge is 0.483 e. The average molecular weight is 631 g/mol. The van der Waals surface area contributed by atoms with Gasteiger partial charge in [0.1, 0.15) is 5.65 Å². The Morgan fingerprint density at radius 1 is 0.933 bits per heavy atom. The van der Waals surface area contributed by atoms with Gasteiger partial charge >= 0.3 is 0 Å². The minimum Gasteiger partial charge on any atom is -0.483 e. The van der Waals surface area contributed by atoms with Crippen LogP contribution in [-0.4, -0.2) is 110 Å². The molecule has 1 aliphatic heterocycles. The van der Waals surface area contributed by atoms with Crippen LogP contribution in [0.15, 0.2) is 29.2 Å². The number of benzene rings is 1. The molecule has 0 radical (unpaired) electrons. The van der Waals surface area contributed by atoms with Crippen molar-refractivity contribution in [1.29, 1.82) is 0 Å². The van der Waals surface area contributed by atoms with Gasteiger partial charge in [0.05, 0.1) is 6.10 Å². The highest BCUT2D eigenvalue weighted by molar-refractivity contribution is 6.04. The fraction of sp³-hybridized carbons (Fsp3) is 0.548. The van der Waals surface area contributed by atoms with E-state index in [-0.39, 0.29) is 37.1 Å². The quantitative estimate of drug-likeness (QED) is 0.189. The zero-order valence-electron chi connectivity index (χ0n) is 26.2. The van der Waals surface area contributed by atoms with E-state index in [9.17, 15) is 9.90 Å². The standard InChI is InChI=1S/C28H40N6O2.3CH2O2/c1-19(2)10-11-29-28-30-17-25-23-9-4-20(18-33-14-12-32(3)13-15-33)16-24(23)27(36)34(26(25)31-28)21-5-7-22(35)8-6-21;3*2-1-3/h4,9,16-17,19,21-22,35H,5-8,10-15,18H2,1-3H3,(H,29,30,31);3*1H,(H,2,3). The predicted molar refractivity (Wildman–Crippen MR) is 172 cm³/mol. The van der Waals surface area contributed by atoms with Crippen LogP contribution in [0.25, 0.3) is 21.8 Å². The molecule has 1 saturated carbocycles. The fourth-order valence-corrected chi connectivity index (χ4v) is 5.55. The summed E-state index contributed by atoms with van der Waals surface area (Å²) in [5, 5.41) is 36.7. The number of fused-ring (bicyclic) bond motifs is 3. The molecular formula is C31H46N6O8. The number of aliphatic hydroxyl groups is 1. The van der Waals surface area contributed by atoms with Crippen LogP contribution in [0.3, 0.4) is 0 Å². The zero-order valence-corrected chi connectivity index (χ0v) is 26.2. The highest BCUT2D eigenvalue weighted by Crippen LogP contribution is 2.32. The molecule has 0 unspecified atom stereocenters. The van der Waals surface area contributed by atoms with Crippen molar-refractivity contribution in [3.05, 3.63) is 40.3 Å². The normalized spacial score (nSPS) is 18.4. The number of piperazine rings is 1. The summed E-state index contributed by atoms with van der Waals surface area (Å²) in [6.45, 7) is 9.53. The summed E-state index contributed by atoms with van der Waals surface area (Å²) in [5.74, 6) is 1.16. The van der Waals surface area contributed by atoms with Gasteiger partial charge in [0.2, 0.25) is 5.95 Å². The van der Waals surface area contributed by atoms with Gasteiger partial charge in [-0.3, -0.25) is 28.6 Å². The number of likely N-dealkylation sites (N-methyl/N-ethyl adjacent to an activating group) is 1. The van der Waals surface area contributed by atoms with E-state index in [0.717, 1.165) is 74.7 Å². The maximum absolute atomic E-state index is 14.0. The van der Waals surface area contributed by atoms with E-state index < -0.39 is 0 Å². The van der Waals surface area contributed by atoms with Gasteiger partial charge in [0.25, 0.3) is 25.0 Å². The molecule has 5 N–H and O–H groups in total. The molecule has 2 aromatic heterocycles. The number of nitrogens with zero attached hydrogens (tertiary/aromatic N) is 5.